The topological polar surface area (TPSA) is 32.8 Å². The van der Waals surface area contributed by atoms with Gasteiger partial charge in [-0.2, -0.15) is 0 Å². The summed E-state index contributed by atoms with van der Waals surface area (Å²) >= 11 is 1.68. The number of ether oxygens (including phenoxy) is 1. The second-order valence-electron chi connectivity index (χ2n) is 6.16. The van der Waals surface area contributed by atoms with Crippen molar-refractivity contribution in [3.63, 3.8) is 0 Å². The van der Waals surface area contributed by atoms with E-state index in [1.807, 2.05) is 18.2 Å². The SMILES string of the molecule is COc1cc(CN(C)CC(=O)N2CCCCCC2)ccc1SC. The lowest BCUT2D eigenvalue weighted by atomic mass is 10.2. The molecule has 0 unspecified atom stereocenters. The number of nitrogens with zero attached hydrogens (tertiary/aromatic N) is 2. The number of likely N-dealkylation sites (tertiary alicyclic amines) is 1. The molecule has 0 bridgehead atoms. The highest BCUT2D eigenvalue weighted by Gasteiger charge is 2.17. The number of hydrogen-bond donors (Lipinski definition) is 0. The van der Waals surface area contributed by atoms with Crippen LogP contribution in [0.1, 0.15) is 31.2 Å². The van der Waals surface area contributed by atoms with Gasteiger partial charge in [-0.15, -0.1) is 11.8 Å². The highest BCUT2D eigenvalue weighted by molar-refractivity contribution is 7.98. The van der Waals surface area contributed by atoms with Crippen LogP contribution in [0.25, 0.3) is 0 Å². The normalized spacial score (nSPS) is 15.6. The van der Waals surface area contributed by atoms with Gasteiger partial charge in [-0.3, -0.25) is 9.69 Å². The third-order valence-electron chi connectivity index (χ3n) is 4.26. The number of methoxy groups -OCH3 is 1. The third kappa shape index (κ3) is 5.43. The van der Waals surface area contributed by atoms with Crippen LogP contribution in [-0.4, -0.2) is 55.8 Å². The quantitative estimate of drug-likeness (QED) is 0.747. The Kier molecular flexibility index (Phi) is 7.24. The fourth-order valence-corrected chi connectivity index (χ4v) is 3.55. The third-order valence-corrected chi connectivity index (χ3v) is 5.04. The molecule has 128 valence electrons. The summed E-state index contributed by atoms with van der Waals surface area (Å²) in [5, 5.41) is 0. The zero-order valence-corrected chi connectivity index (χ0v) is 15.3. The Hall–Kier alpha value is -1.20. The molecule has 1 aromatic rings. The Morgan fingerprint density at radius 3 is 2.57 bits per heavy atom. The van der Waals surface area contributed by atoms with Crippen molar-refractivity contribution in [1.82, 2.24) is 9.80 Å². The lowest BCUT2D eigenvalue weighted by Crippen LogP contribution is -2.39. The first-order valence-electron chi connectivity index (χ1n) is 8.31. The number of hydrogen-bond acceptors (Lipinski definition) is 4. The number of benzene rings is 1. The molecule has 0 aliphatic carbocycles. The molecule has 1 heterocycles. The van der Waals surface area contributed by atoms with Crippen LogP contribution in [0.3, 0.4) is 0 Å². The molecule has 1 saturated heterocycles. The number of rotatable bonds is 6. The van der Waals surface area contributed by atoms with E-state index in [1.165, 1.54) is 18.4 Å². The maximum absolute atomic E-state index is 12.4. The van der Waals surface area contributed by atoms with Crippen LogP contribution in [0.4, 0.5) is 0 Å². The number of carbonyl (C=O) groups is 1. The Labute approximate surface area is 144 Å². The molecule has 0 N–H and O–H groups in total. The average Bonchev–Trinajstić information content (AvgIpc) is 2.83. The van der Waals surface area contributed by atoms with E-state index in [0.29, 0.717) is 6.54 Å². The zero-order valence-electron chi connectivity index (χ0n) is 14.5. The molecule has 1 fully saturated rings. The minimum absolute atomic E-state index is 0.252. The molecule has 1 amide bonds. The molecular formula is C18H28N2O2S. The molecule has 2 rings (SSSR count). The molecule has 1 aliphatic rings. The highest BCUT2D eigenvalue weighted by Crippen LogP contribution is 2.28. The van der Waals surface area contributed by atoms with Crippen molar-refractivity contribution in [2.45, 2.75) is 37.1 Å². The second kappa shape index (κ2) is 9.18. The van der Waals surface area contributed by atoms with Gasteiger partial charge in [0.2, 0.25) is 5.91 Å². The summed E-state index contributed by atoms with van der Waals surface area (Å²) in [4.78, 5) is 17.7. The lowest BCUT2D eigenvalue weighted by Gasteiger charge is -2.24. The van der Waals surface area contributed by atoms with E-state index < -0.39 is 0 Å². The smallest absolute Gasteiger partial charge is 0.236 e. The van der Waals surface area contributed by atoms with Crippen LogP contribution < -0.4 is 4.74 Å². The molecule has 0 atom stereocenters. The van der Waals surface area contributed by atoms with E-state index in [-0.39, 0.29) is 5.91 Å². The molecule has 4 nitrogen and oxygen atoms in total. The van der Waals surface area contributed by atoms with Crippen LogP contribution in [-0.2, 0) is 11.3 Å². The molecular weight excluding hydrogens is 308 g/mol. The van der Waals surface area contributed by atoms with Gasteiger partial charge in [0.25, 0.3) is 0 Å². The highest BCUT2D eigenvalue weighted by atomic mass is 32.2. The first-order chi connectivity index (χ1) is 11.1. The molecule has 23 heavy (non-hydrogen) atoms. The van der Waals surface area contributed by atoms with Crippen LogP contribution in [0, 0.1) is 0 Å². The summed E-state index contributed by atoms with van der Waals surface area (Å²) < 4.78 is 5.43. The minimum Gasteiger partial charge on any atom is -0.496 e. The predicted molar refractivity (Wildman–Crippen MR) is 96.2 cm³/mol. The van der Waals surface area contributed by atoms with Crippen molar-refractivity contribution in [3.8, 4) is 5.75 Å². The van der Waals surface area contributed by atoms with Crippen LogP contribution in [0.15, 0.2) is 23.1 Å². The van der Waals surface area contributed by atoms with Gasteiger partial charge < -0.3 is 9.64 Å². The largest absolute Gasteiger partial charge is 0.496 e. The summed E-state index contributed by atoms with van der Waals surface area (Å²) in [6, 6.07) is 6.27. The van der Waals surface area contributed by atoms with Gasteiger partial charge in [0.1, 0.15) is 5.75 Å². The van der Waals surface area contributed by atoms with Gasteiger partial charge in [0, 0.05) is 24.5 Å². The maximum atomic E-state index is 12.4. The van der Waals surface area contributed by atoms with Crippen LogP contribution >= 0.6 is 11.8 Å². The Morgan fingerprint density at radius 2 is 1.96 bits per heavy atom. The Morgan fingerprint density at radius 1 is 1.26 bits per heavy atom. The van der Waals surface area contributed by atoms with Crippen LogP contribution in [0.5, 0.6) is 5.75 Å². The first kappa shape index (κ1) is 18.1. The summed E-state index contributed by atoms with van der Waals surface area (Å²) in [6.45, 7) is 3.07. The fraction of sp³-hybridized carbons (Fsp3) is 0.611. The van der Waals surface area contributed by atoms with Gasteiger partial charge >= 0.3 is 0 Å². The summed E-state index contributed by atoms with van der Waals surface area (Å²) in [6.07, 6.45) is 6.83. The van der Waals surface area contributed by atoms with Crippen molar-refractivity contribution in [3.05, 3.63) is 23.8 Å². The zero-order chi connectivity index (χ0) is 16.7. The standard InChI is InChI=1S/C18H28N2O2S/c1-19(14-18(21)20-10-6-4-5-7-11-20)13-15-8-9-17(23-3)16(12-15)22-2/h8-9,12H,4-7,10-11,13-14H2,1-3H3. The van der Waals surface area contributed by atoms with E-state index in [2.05, 4.69) is 23.1 Å². The van der Waals surface area contributed by atoms with Gasteiger partial charge in [0.05, 0.1) is 13.7 Å². The van der Waals surface area contributed by atoms with E-state index in [4.69, 9.17) is 4.74 Å². The summed E-state index contributed by atoms with van der Waals surface area (Å²) in [5.41, 5.74) is 1.17. The van der Waals surface area contributed by atoms with Crippen molar-refractivity contribution < 1.29 is 9.53 Å². The van der Waals surface area contributed by atoms with Crippen molar-refractivity contribution in [1.29, 1.82) is 0 Å². The molecule has 0 radical (unpaired) electrons. The minimum atomic E-state index is 0.252. The van der Waals surface area contributed by atoms with E-state index in [9.17, 15) is 4.79 Å². The van der Waals surface area contributed by atoms with E-state index in [1.54, 1.807) is 18.9 Å². The molecule has 1 aromatic carbocycles. The number of thioether (sulfide) groups is 1. The monoisotopic (exact) mass is 336 g/mol. The molecule has 0 spiro atoms. The van der Waals surface area contributed by atoms with Crippen molar-refractivity contribution >= 4 is 17.7 Å². The number of amides is 1. The average molecular weight is 337 g/mol. The maximum Gasteiger partial charge on any atom is 0.236 e. The fourth-order valence-electron chi connectivity index (χ4n) is 3.00. The lowest BCUT2D eigenvalue weighted by molar-refractivity contribution is -0.132. The summed E-state index contributed by atoms with van der Waals surface area (Å²) in [7, 11) is 3.70. The Balaban J connectivity index is 1.90. The predicted octanol–water partition coefficient (Wildman–Crippen LogP) is 3.25. The van der Waals surface area contributed by atoms with Gasteiger partial charge in [-0.1, -0.05) is 18.9 Å². The van der Waals surface area contributed by atoms with E-state index in [0.717, 1.165) is 43.1 Å². The van der Waals surface area contributed by atoms with Gasteiger partial charge in [0.15, 0.2) is 0 Å². The number of likely N-dealkylation sites (N-methyl/N-ethyl adjacent to an activating group) is 1. The van der Waals surface area contributed by atoms with Gasteiger partial charge in [-0.05, 0) is 43.8 Å². The van der Waals surface area contributed by atoms with Crippen molar-refractivity contribution in [2.24, 2.45) is 0 Å². The molecule has 0 aromatic heterocycles. The molecule has 1 aliphatic heterocycles. The summed E-state index contributed by atoms with van der Waals surface area (Å²) in [5.74, 6) is 1.16. The molecule has 5 heteroatoms. The van der Waals surface area contributed by atoms with Crippen LogP contribution in [0.2, 0.25) is 0 Å². The second-order valence-corrected chi connectivity index (χ2v) is 7.00. The number of carbonyl (C=O) groups excluding carboxylic acids is 1. The first-order valence-corrected chi connectivity index (χ1v) is 9.53. The van der Waals surface area contributed by atoms with E-state index >= 15 is 0 Å². The van der Waals surface area contributed by atoms with Gasteiger partial charge in [-0.25, -0.2) is 0 Å². The Bertz CT molecular complexity index is 514. The van der Waals surface area contributed by atoms with Crippen molar-refractivity contribution in [2.75, 3.05) is 40.0 Å². The molecule has 0 saturated carbocycles.